The van der Waals surface area contributed by atoms with Crippen LogP contribution in [0.5, 0.6) is 0 Å². The van der Waals surface area contributed by atoms with Crippen molar-refractivity contribution in [1.29, 1.82) is 0 Å². The van der Waals surface area contributed by atoms with E-state index in [2.05, 4.69) is 43.0 Å². The first-order valence-corrected chi connectivity index (χ1v) is 5.91. The van der Waals surface area contributed by atoms with Gasteiger partial charge in [-0.15, -0.1) is 0 Å². The average Bonchev–Trinajstić information content (AvgIpc) is 2.36. The van der Waals surface area contributed by atoms with Crippen molar-refractivity contribution >= 4 is 39.2 Å². The molecule has 82 valence electrons. The SMILES string of the molecule is C=Cc1c(Cl)ccc2cc3ccccc3cc12. The van der Waals surface area contributed by atoms with Crippen LogP contribution >= 0.6 is 11.6 Å². The normalized spacial score (nSPS) is 10.9. The maximum atomic E-state index is 6.18. The lowest BCUT2D eigenvalue weighted by Gasteiger charge is -2.07. The summed E-state index contributed by atoms with van der Waals surface area (Å²) in [6.07, 6.45) is 1.82. The van der Waals surface area contributed by atoms with E-state index in [-0.39, 0.29) is 0 Å². The van der Waals surface area contributed by atoms with Crippen molar-refractivity contribution in [3.8, 4) is 0 Å². The molecule has 0 saturated carbocycles. The molecule has 17 heavy (non-hydrogen) atoms. The Hall–Kier alpha value is -1.79. The highest BCUT2D eigenvalue weighted by atomic mass is 35.5. The summed E-state index contributed by atoms with van der Waals surface area (Å²) >= 11 is 6.18. The minimum Gasteiger partial charge on any atom is -0.0984 e. The van der Waals surface area contributed by atoms with Crippen LogP contribution < -0.4 is 0 Å². The summed E-state index contributed by atoms with van der Waals surface area (Å²) in [5.74, 6) is 0. The number of hydrogen-bond donors (Lipinski definition) is 0. The maximum Gasteiger partial charge on any atom is 0.0484 e. The third kappa shape index (κ3) is 1.62. The topological polar surface area (TPSA) is 0 Å². The Bertz CT molecular complexity index is 726. The van der Waals surface area contributed by atoms with Gasteiger partial charge in [0, 0.05) is 10.6 Å². The molecule has 0 fully saturated rings. The summed E-state index contributed by atoms with van der Waals surface area (Å²) in [5.41, 5.74) is 1.01. The predicted molar refractivity (Wildman–Crippen MR) is 76.6 cm³/mol. The molecule has 0 aliphatic heterocycles. The summed E-state index contributed by atoms with van der Waals surface area (Å²) in [5, 5.41) is 5.58. The fraction of sp³-hybridized carbons (Fsp3) is 0. The van der Waals surface area contributed by atoms with Crippen LogP contribution in [0.1, 0.15) is 5.56 Å². The number of halogens is 1. The third-order valence-electron chi connectivity index (χ3n) is 3.08. The summed E-state index contributed by atoms with van der Waals surface area (Å²) in [7, 11) is 0. The quantitative estimate of drug-likeness (QED) is 0.506. The van der Waals surface area contributed by atoms with Gasteiger partial charge in [-0.3, -0.25) is 0 Å². The molecule has 3 aromatic rings. The largest absolute Gasteiger partial charge is 0.0984 e. The number of benzene rings is 3. The van der Waals surface area contributed by atoms with E-state index in [0.29, 0.717) is 0 Å². The van der Waals surface area contributed by atoms with Crippen molar-refractivity contribution in [3.05, 3.63) is 65.7 Å². The highest BCUT2D eigenvalue weighted by Gasteiger charge is 2.04. The van der Waals surface area contributed by atoms with E-state index < -0.39 is 0 Å². The van der Waals surface area contributed by atoms with Gasteiger partial charge in [-0.2, -0.15) is 0 Å². The molecule has 1 heteroatoms. The second kappa shape index (κ2) is 3.90. The molecule has 0 atom stereocenters. The van der Waals surface area contributed by atoms with Gasteiger partial charge in [0.05, 0.1) is 0 Å². The van der Waals surface area contributed by atoms with Gasteiger partial charge in [-0.05, 0) is 39.7 Å². The summed E-state index contributed by atoms with van der Waals surface area (Å²) in [6.45, 7) is 3.84. The Kier molecular flexibility index (Phi) is 2.38. The van der Waals surface area contributed by atoms with Crippen molar-refractivity contribution in [3.63, 3.8) is 0 Å². The van der Waals surface area contributed by atoms with E-state index >= 15 is 0 Å². The van der Waals surface area contributed by atoms with Gasteiger partial charge in [-0.25, -0.2) is 0 Å². The van der Waals surface area contributed by atoms with Gasteiger partial charge < -0.3 is 0 Å². The number of hydrogen-bond acceptors (Lipinski definition) is 0. The number of rotatable bonds is 1. The molecule has 0 amide bonds. The molecule has 0 bridgehead atoms. The van der Waals surface area contributed by atoms with Crippen molar-refractivity contribution in [2.45, 2.75) is 0 Å². The third-order valence-corrected chi connectivity index (χ3v) is 3.41. The molecule has 3 rings (SSSR count). The van der Waals surface area contributed by atoms with Gasteiger partial charge in [0.1, 0.15) is 0 Å². The molecule has 0 aliphatic rings. The lowest BCUT2D eigenvalue weighted by atomic mass is 10.00. The second-order valence-corrected chi connectivity index (χ2v) is 4.49. The smallest absolute Gasteiger partial charge is 0.0484 e. The maximum absolute atomic E-state index is 6.18. The average molecular weight is 239 g/mol. The molecule has 3 aromatic carbocycles. The summed E-state index contributed by atoms with van der Waals surface area (Å²) < 4.78 is 0. The van der Waals surface area contributed by atoms with E-state index in [9.17, 15) is 0 Å². The van der Waals surface area contributed by atoms with Gasteiger partial charge in [-0.1, -0.05) is 54.6 Å². The second-order valence-electron chi connectivity index (χ2n) is 4.09. The first-order valence-electron chi connectivity index (χ1n) is 5.53. The molecule has 0 N–H and O–H groups in total. The van der Waals surface area contributed by atoms with Crippen LogP contribution in [0.25, 0.3) is 27.6 Å². The van der Waals surface area contributed by atoms with E-state index in [1.807, 2.05) is 18.2 Å². The van der Waals surface area contributed by atoms with E-state index in [0.717, 1.165) is 16.0 Å². The lowest BCUT2D eigenvalue weighted by molar-refractivity contribution is 1.73. The fourth-order valence-electron chi connectivity index (χ4n) is 2.22. The molecule has 0 radical (unpaired) electrons. The van der Waals surface area contributed by atoms with Crippen molar-refractivity contribution in [2.75, 3.05) is 0 Å². The van der Waals surface area contributed by atoms with Crippen LogP contribution in [0.4, 0.5) is 0 Å². The monoisotopic (exact) mass is 238 g/mol. The van der Waals surface area contributed by atoms with Crippen molar-refractivity contribution in [2.24, 2.45) is 0 Å². The minimum atomic E-state index is 0.753. The Labute approximate surface area is 105 Å². The first kappa shape index (κ1) is 10.4. The highest BCUT2D eigenvalue weighted by Crippen LogP contribution is 2.30. The molecular formula is C16H11Cl. The molecule has 0 unspecified atom stereocenters. The lowest BCUT2D eigenvalue weighted by Crippen LogP contribution is -1.81. The van der Waals surface area contributed by atoms with E-state index in [4.69, 9.17) is 11.6 Å². The zero-order valence-corrected chi connectivity index (χ0v) is 10.0. The fourth-order valence-corrected chi connectivity index (χ4v) is 2.46. The molecule has 0 saturated heterocycles. The number of fused-ring (bicyclic) bond motifs is 2. The predicted octanol–water partition coefficient (Wildman–Crippen LogP) is 5.29. The Balaban J connectivity index is 2.52. The van der Waals surface area contributed by atoms with Crippen molar-refractivity contribution in [1.82, 2.24) is 0 Å². The van der Waals surface area contributed by atoms with Gasteiger partial charge in [0.15, 0.2) is 0 Å². The summed E-state index contributed by atoms with van der Waals surface area (Å²) in [4.78, 5) is 0. The van der Waals surface area contributed by atoms with E-state index in [1.54, 1.807) is 0 Å². The van der Waals surface area contributed by atoms with Gasteiger partial charge >= 0.3 is 0 Å². The summed E-state index contributed by atoms with van der Waals surface area (Å²) in [6, 6.07) is 16.7. The van der Waals surface area contributed by atoms with Crippen LogP contribution in [0.2, 0.25) is 5.02 Å². The van der Waals surface area contributed by atoms with Crippen LogP contribution in [-0.4, -0.2) is 0 Å². The standard InChI is InChI=1S/C16H11Cl/c1-2-14-15-10-12-6-4-3-5-11(12)9-13(15)7-8-16(14)17/h2-10H,1H2. The molecule has 0 nitrogen and oxygen atoms in total. The van der Waals surface area contributed by atoms with Crippen LogP contribution in [-0.2, 0) is 0 Å². The van der Waals surface area contributed by atoms with E-state index in [1.165, 1.54) is 16.2 Å². The van der Waals surface area contributed by atoms with Crippen LogP contribution in [0.3, 0.4) is 0 Å². The highest BCUT2D eigenvalue weighted by molar-refractivity contribution is 6.33. The minimum absolute atomic E-state index is 0.753. The Morgan fingerprint density at radius 2 is 1.59 bits per heavy atom. The molecular weight excluding hydrogens is 228 g/mol. The molecule has 0 aromatic heterocycles. The van der Waals surface area contributed by atoms with Crippen LogP contribution in [0.15, 0.2) is 55.1 Å². The van der Waals surface area contributed by atoms with Crippen molar-refractivity contribution < 1.29 is 0 Å². The zero-order valence-electron chi connectivity index (χ0n) is 9.28. The molecule has 0 heterocycles. The Morgan fingerprint density at radius 1 is 0.882 bits per heavy atom. The van der Waals surface area contributed by atoms with Gasteiger partial charge in [0.25, 0.3) is 0 Å². The zero-order chi connectivity index (χ0) is 11.8. The first-order chi connectivity index (χ1) is 8.29. The van der Waals surface area contributed by atoms with Gasteiger partial charge in [0.2, 0.25) is 0 Å². The Morgan fingerprint density at radius 3 is 2.29 bits per heavy atom. The molecule has 0 aliphatic carbocycles. The van der Waals surface area contributed by atoms with Crippen LogP contribution in [0, 0.1) is 0 Å². The molecule has 0 spiro atoms.